The van der Waals surface area contributed by atoms with Gasteiger partial charge in [-0.2, -0.15) is 13.2 Å². The highest BCUT2D eigenvalue weighted by atomic mass is 19.4. The second-order valence-electron chi connectivity index (χ2n) is 8.38. The minimum absolute atomic E-state index is 0.110. The zero-order valence-corrected chi connectivity index (χ0v) is 17.6. The van der Waals surface area contributed by atoms with Crippen LogP contribution in [0.15, 0.2) is 72.9 Å². The lowest BCUT2D eigenvalue weighted by Crippen LogP contribution is -2.42. The summed E-state index contributed by atoms with van der Waals surface area (Å²) in [5.41, 5.74) is 4.49. The Hall–Kier alpha value is -3.39. The highest BCUT2D eigenvalue weighted by Crippen LogP contribution is 2.38. The number of rotatable bonds is 4. The average Bonchev–Trinajstić information content (AvgIpc) is 3.42. The van der Waals surface area contributed by atoms with E-state index in [0.29, 0.717) is 25.3 Å². The third kappa shape index (κ3) is 4.30. The van der Waals surface area contributed by atoms with Gasteiger partial charge in [-0.1, -0.05) is 48.5 Å². The number of alkyl halides is 3. The lowest BCUT2D eigenvalue weighted by Gasteiger charge is -2.29. The first-order chi connectivity index (χ1) is 15.9. The van der Waals surface area contributed by atoms with Crippen LogP contribution in [0.1, 0.15) is 0 Å². The van der Waals surface area contributed by atoms with E-state index < -0.39 is 18.4 Å². The maximum atomic E-state index is 12.9. The number of carbonyl (C=O) groups excluding carboxylic acids is 1. The van der Waals surface area contributed by atoms with E-state index in [9.17, 15) is 18.0 Å². The number of nitrogens with one attached hydrogen (secondary N) is 1. The summed E-state index contributed by atoms with van der Waals surface area (Å²) in [5, 5.41) is 3.17. The van der Waals surface area contributed by atoms with E-state index in [1.54, 1.807) is 11.1 Å². The fraction of sp³-hybridized carbons (Fsp3) is 0.280. The molecular formula is C25H22F3N3O2. The largest absolute Gasteiger partial charge is 0.491 e. The quantitative estimate of drug-likeness (QED) is 0.590. The number of ether oxygens (including phenoxy) is 1. The summed E-state index contributed by atoms with van der Waals surface area (Å²) in [6, 6.07) is 21.7. The fourth-order valence-corrected chi connectivity index (χ4v) is 4.67. The predicted molar refractivity (Wildman–Crippen MR) is 118 cm³/mol. The van der Waals surface area contributed by atoms with Crippen LogP contribution in [0.25, 0.3) is 22.4 Å². The van der Waals surface area contributed by atoms with E-state index in [0.717, 1.165) is 22.4 Å². The first kappa shape index (κ1) is 21.5. The van der Waals surface area contributed by atoms with Crippen molar-refractivity contribution in [3.8, 4) is 22.4 Å². The molecular weight excluding hydrogens is 431 g/mol. The van der Waals surface area contributed by atoms with Crippen molar-refractivity contribution in [3.05, 3.63) is 72.9 Å². The molecule has 1 N–H and O–H groups in total. The van der Waals surface area contributed by atoms with Crippen LogP contribution in [0.5, 0.6) is 0 Å². The van der Waals surface area contributed by atoms with Gasteiger partial charge in [0.2, 0.25) is 0 Å². The summed E-state index contributed by atoms with van der Waals surface area (Å²) < 4.78 is 43.5. The van der Waals surface area contributed by atoms with Gasteiger partial charge in [-0.3, -0.25) is 4.98 Å². The number of nitrogens with zero attached hydrogens (tertiary/aromatic N) is 2. The summed E-state index contributed by atoms with van der Waals surface area (Å²) in [6.45, 7) is 1.69. The SMILES string of the molecule is O=C(OC1C2CNCC2CN1c1ccc(-c2cccc(-c3ccccc3)c2)nc1)C(F)(F)F. The Bertz CT molecular complexity index is 1140. The van der Waals surface area contributed by atoms with Crippen LogP contribution in [0.4, 0.5) is 18.9 Å². The molecule has 5 rings (SSSR count). The molecule has 33 heavy (non-hydrogen) atoms. The van der Waals surface area contributed by atoms with E-state index in [-0.39, 0.29) is 11.8 Å². The number of carbonyl (C=O) groups is 1. The Labute approximate surface area is 189 Å². The summed E-state index contributed by atoms with van der Waals surface area (Å²) >= 11 is 0. The van der Waals surface area contributed by atoms with Crippen molar-refractivity contribution in [2.24, 2.45) is 11.8 Å². The monoisotopic (exact) mass is 453 g/mol. The molecule has 2 aromatic carbocycles. The first-order valence-electron chi connectivity index (χ1n) is 10.8. The number of benzene rings is 2. The topological polar surface area (TPSA) is 54.5 Å². The van der Waals surface area contributed by atoms with Gasteiger partial charge in [-0.15, -0.1) is 0 Å². The van der Waals surface area contributed by atoms with Crippen LogP contribution in [-0.4, -0.2) is 43.0 Å². The number of halogens is 3. The van der Waals surface area contributed by atoms with Crippen molar-refractivity contribution >= 4 is 11.7 Å². The third-order valence-corrected chi connectivity index (χ3v) is 6.30. The first-order valence-corrected chi connectivity index (χ1v) is 10.8. The number of aromatic nitrogens is 1. The summed E-state index contributed by atoms with van der Waals surface area (Å²) in [5.74, 6) is -2.25. The molecule has 3 unspecified atom stereocenters. The van der Waals surface area contributed by atoms with Gasteiger partial charge in [-0.05, 0) is 35.2 Å². The van der Waals surface area contributed by atoms with Gasteiger partial charge in [0.1, 0.15) is 0 Å². The molecule has 3 heterocycles. The van der Waals surface area contributed by atoms with E-state index in [4.69, 9.17) is 4.74 Å². The van der Waals surface area contributed by atoms with Crippen LogP contribution >= 0.6 is 0 Å². The Morgan fingerprint density at radius 2 is 1.73 bits per heavy atom. The van der Waals surface area contributed by atoms with Crippen LogP contribution in [0.2, 0.25) is 0 Å². The van der Waals surface area contributed by atoms with Gasteiger partial charge in [0, 0.05) is 31.1 Å². The molecule has 0 aliphatic carbocycles. The number of pyridine rings is 1. The normalized spacial score (nSPS) is 22.3. The molecule has 0 radical (unpaired) electrons. The standard InChI is InChI=1S/C25H22F3N3O2/c26-25(27,28)24(32)33-23-21-14-29-12-19(21)15-31(23)20-9-10-22(30-13-20)18-8-4-7-17(11-18)16-5-2-1-3-6-16/h1-11,13,19,21,23,29H,12,14-15H2. The highest BCUT2D eigenvalue weighted by Gasteiger charge is 2.50. The van der Waals surface area contributed by atoms with Crippen LogP contribution < -0.4 is 10.2 Å². The predicted octanol–water partition coefficient (Wildman–Crippen LogP) is 4.50. The van der Waals surface area contributed by atoms with Crippen molar-refractivity contribution in [2.75, 3.05) is 24.5 Å². The zero-order chi connectivity index (χ0) is 23.0. The van der Waals surface area contributed by atoms with Crippen molar-refractivity contribution in [3.63, 3.8) is 0 Å². The number of esters is 1. The van der Waals surface area contributed by atoms with Crippen LogP contribution in [0.3, 0.4) is 0 Å². The lowest BCUT2D eigenvalue weighted by molar-refractivity contribution is -0.206. The number of hydrogen-bond donors (Lipinski definition) is 1. The maximum Gasteiger partial charge on any atom is 0.491 e. The van der Waals surface area contributed by atoms with Crippen LogP contribution in [-0.2, 0) is 9.53 Å². The molecule has 2 aliphatic rings. The minimum Gasteiger partial charge on any atom is -0.435 e. The maximum absolute atomic E-state index is 12.9. The average molecular weight is 453 g/mol. The zero-order valence-electron chi connectivity index (χ0n) is 17.6. The molecule has 8 heteroatoms. The minimum atomic E-state index is -5.03. The number of fused-ring (bicyclic) bond motifs is 1. The van der Waals surface area contributed by atoms with Gasteiger partial charge in [0.05, 0.1) is 17.6 Å². The van der Waals surface area contributed by atoms with Crippen molar-refractivity contribution in [2.45, 2.75) is 12.4 Å². The Morgan fingerprint density at radius 1 is 0.970 bits per heavy atom. The molecule has 0 bridgehead atoms. The van der Waals surface area contributed by atoms with Crippen LogP contribution in [0, 0.1) is 11.8 Å². The second kappa shape index (κ2) is 8.51. The van der Waals surface area contributed by atoms with Crippen molar-refractivity contribution < 1.29 is 22.7 Å². The van der Waals surface area contributed by atoms with E-state index >= 15 is 0 Å². The molecule has 0 saturated carbocycles. The van der Waals surface area contributed by atoms with E-state index in [2.05, 4.69) is 16.4 Å². The molecule has 2 fully saturated rings. The van der Waals surface area contributed by atoms with E-state index in [1.807, 2.05) is 60.7 Å². The van der Waals surface area contributed by atoms with Gasteiger partial charge in [-0.25, -0.2) is 4.79 Å². The molecule has 1 aromatic heterocycles. The van der Waals surface area contributed by atoms with Gasteiger partial charge in [0.25, 0.3) is 0 Å². The molecule has 2 saturated heterocycles. The Balaban J connectivity index is 1.39. The molecule has 3 aromatic rings. The third-order valence-electron chi connectivity index (χ3n) is 6.30. The molecule has 170 valence electrons. The smallest absolute Gasteiger partial charge is 0.435 e. The lowest BCUT2D eigenvalue weighted by atomic mass is 9.99. The molecule has 5 nitrogen and oxygen atoms in total. The number of anilines is 1. The fourth-order valence-electron chi connectivity index (χ4n) is 4.67. The molecule has 0 amide bonds. The Morgan fingerprint density at radius 3 is 2.45 bits per heavy atom. The van der Waals surface area contributed by atoms with Gasteiger partial charge < -0.3 is 15.0 Å². The van der Waals surface area contributed by atoms with Gasteiger partial charge >= 0.3 is 12.1 Å². The number of hydrogen-bond acceptors (Lipinski definition) is 5. The second-order valence-corrected chi connectivity index (χ2v) is 8.38. The summed E-state index contributed by atoms with van der Waals surface area (Å²) in [6.07, 6.45) is -4.37. The molecule has 2 aliphatic heterocycles. The Kier molecular flexibility index (Phi) is 5.54. The molecule has 3 atom stereocenters. The summed E-state index contributed by atoms with van der Waals surface area (Å²) in [7, 11) is 0. The van der Waals surface area contributed by atoms with Gasteiger partial charge in [0.15, 0.2) is 6.23 Å². The van der Waals surface area contributed by atoms with E-state index in [1.165, 1.54) is 0 Å². The molecule has 0 spiro atoms. The summed E-state index contributed by atoms with van der Waals surface area (Å²) in [4.78, 5) is 17.8. The van der Waals surface area contributed by atoms with Crippen molar-refractivity contribution in [1.82, 2.24) is 10.3 Å². The van der Waals surface area contributed by atoms with Crippen molar-refractivity contribution in [1.29, 1.82) is 0 Å². The highest BCUT2D eigenvalue weighted by molar-refractivity contribution is 5.76.